The Balaban J connectivity index is 1.23. The summed E-state index contributed by atoms with van der Waals surface area (Å²) in [7, 11) is 0. The third-order valence-electron chi connectivity index (χ3n) is 8.72. The summed E-state index contributed by atoms with van der Waals surface area (Å²) in [5.74, 6) is 1.36. The SMILES string of the molecule is Cc1cc(-c2nc3n[nH]c(-c4ccco4)c3c(-c3ccc(N4CCN(C(=O)OC(C)(C)C)CC4)cc3)c2C#N)ccc1OCc1ccccc1. The van der Waals surface area contributed by atoms with E-state index >= 15 is 0 Å². The van der Waals surface area contributed by atoms with Crippen molar-refractivity contribution >= 4 is 22.8 Å². The number of aromatic nitrogens is 3. The highest BCUT2D eigenvalue weighted by Crippen LogP contribution is 2.41. The molecule has 6 aromatic rings. The second-order valence-corrected chi connectivity index (χ2v) is 13.4. The number of hydrogen-bond acceptors (Lipinski definition) is 8. The lowest BCUT2D eigenvalue weighted by molar-refractivity contribution is 0.0240. The number of nitrogens with one attached hydrogen (secondary N) is 1. The number of carbonyl (C=O) groups excluding carboxylic acids is 1. The Morgan fingerprint density at radius 1 is 0.960 bits per heavy atom. The molecule has 10 heteroatoms. The molecule has 1 amide bonds. The standard InChI is InChI=1S/C40H38N6O4/c1-26-23-29(14-17-32(26)49-25-27-9-6-5-7-10-27)36-31(24-41)34(35-37(33-11-8-22-48-33)43-44-38(35)42-36)28-12-15-30(16-13-28)45-18-20-46(21-19-45)39(47)50-40(2,3)4/h5-17,22-23H,18-21,25H2,1-4H3,(H,42,43,44). The third kappa shape index (κ3) is 6.63. The summed E-state index contributed by atoms with van der Waals surface area (Å²) < 4.78 is 17.5. The normalized spacial score (nSPS) is 13.3. The largest absolute Gasteiger partial charge is 0.489 e. The summed E-state index contributed by atoms with van der Waals surface area (Å²) in [4.78, 5) is 21.5. The van der Waals surface area contributed by atoms with Gasteiger partial charge >= 0.3 is 6.09 Å². The van der Waals surface area contributed by atoms with Crippen molar-refractivity contribution in [2.45, 2.75) is 39.9 Å². The number of pyridine rings is 1. The minimum Gasteiger partial charge on any atom is -0.489 e. The highest BCUT2D eigenvalue weighted by Gasteiger charge is 2.27. The van der Waals surface area contributed by atoms with Gasteiger partial charge in [-0.3, -0.25) is 5.10 Å². The van der Waals surface area contributed by atoms with E-state index in [0.717, 1.165) is 39.3 Å². The van der Waals surface area contributed by atoms with Crippen LogP contribution >= 0.6 is 0 Å². The maximum atomic E-state index is 12.6. The van der Waals surface area contributed by atoms with E-state index in [1.54, 1.807) is 11.2 Å². The van der Waals surface area contributed by atoms with E-state index in [9.17, 15) is 10.1 Å². The summed E-state index contributed by atoms with van der Waals surface area (Å²) >= 11 is 0. The molecule has 1 saturated heterocycles. The predicted molar refractivity (Wildman–Crippen MR) is 193 cm³/mol. The molecule has 0 bridgehead atoms. The van der Waals surface area contributed by atoms with Gasteiger partial charge in [-0.1, -0.05) is 42.5 Å². The zero-order valence-electron chi connectivity index (χ0n) is 28.6. The second kappa shape index (κ2) is 13.4. The van der Waals surface area contributed by atoms with Crippen molar-refractivity contribution in [3.8, 4) is 45.7 Å². The van der Waals surface area contributed by atoms with Crippen LogP contribution in [0.5, 0.6) is 5.75 Å². The first kappa shape index (κ1) is 32.5. The Bertz CT molecular complexity index is 2170. The Labute approximate surface area is 290 Å². The zero-order valence-corrected chi connectivity index (χ0v) is 28.6. The molecule has 252 valence electrons. The molecule has 3 aromatic heterocycles. The predicted octanol–water partition coefficient (Wildman–Crippen LogP) is 8.37. The second-order valence-electron chi connectivity index (χ2n) is 13.4. The van der Waals surface area contributed by atoms with E-state index in [-0.39, 0.29) is 6.09 Å². The highest BCUT2D eigenvalue weighted by atomic mass is 16.6. The van der Waals surface area contributed by atoms with E-state index in [1.165, 1.54) is 0 Å². The number of anilines is 1. The average molecular weight is 667 g/mol. The summed E-state index contributed by atoms with van der Waals surface area (Å²) in [5, 5.41) is 19.2. The number of furan rings is 1. The van der Waals surface area contributed by atoms with Crippen LogP contribution in [0.3, 0.4) is 0 Å². The Morgan fingerprint density at radius 2 is 1.70 bits per heavy atom. The van der Waals surface area contributed by atoms with E-state index < -0.39 is 5.60 Å². The number of piperazine rings is 1. The molecule has 50 heavy (non-hydrogen) atoms. The van der Waals surface area contributed by atoms with Crippen LogP contribution in [0.15, 0.2) is 95.6 Å². The number of fused-ring (bicyclic) bond motifs is 1. The van der Waals surface area contributed by atoms with E-state index in [2.05, 4.69) is 33.3 Å². The molecule has 0 unspecified atom stereocenters. The molecule has 0 spiro atoms. The lowest BCUT2D eigenvalue weighted by Crippen LogP contribution is -2.50. The molecule has 0 aliphatic carbocycles. The average Bonchev–Trinajstić information content (AvgIpc) is 3.81. The highest BCUT2D eigenvalue weighted by molar-refractivity contribution is 6.06. The van der Waals surface area contributed by atoms with Crippen LogP contribution in [0.1, 0.15) is 37.5 Å². The molecule has 1 N–H and O–H groups in total. The number of benzene rings is 3. The van der Waals surface area contributed by atoms with Crippen LogP contribution in [-0.2, 0) is 11.3 Å². The molecule has 0 saturated carbocycles. The number of nitriles is 1. The first-order valence-electron chi connectivity index (χ1n) is 16.7. The topological polar surface area (TPSA) is 121 Å². The number of ether oxygens (including phenoxy) is 2. The Kier molecular flexibility index (Phi) is 8.73. The maximum absolute atomic E-state index is 12.6. The summed E-state index contributed by atoms with van der Waals surface area (Å²) in [6, 6.07) is 30.2. The number of H-pyrrole nitrogens is 1. The van der Waals surface area contributed by atoms with E-state index in [0.29, 0.717) is 66.5 Å². The number of rotatable bonds is 7. The van der Waals surface area contributed by atoms with Crippen molar-refractivity contribution in [1.82, 2.24) is 20.1 Å². The number of amides is 1. The van der Waals surface area contributed by atoms with Crippen LogP contribution in [0, 0.1) is 18.3 Å². The summed E-state index contributed by atoms with van der Waals surface area (Å²) in [6.45, 7) is 10.6. The molecule has 0 atom stereocenters. The third-order valence-corrected chi connectivity index (χ3v) is 8.72. The van der Waals surface area contributed by atoms with Gasteiger partial charge in [-0.25, -0.2) is 9.78 Å². The maximum Gasteiger partial charge on any atom is 0.410 e. The van der Waals surface area contributed by atoms with Gasteiger partial charge in [0.15, 0.2) is 11.4 Å². The molecule has 1 aliphatic heterocycles. The quantitative estimate of drug-likeness (QED) is 0.180. The number of aryl methyl sites for hydroxylation is 1. The molecule has 1 aliphatic rings. The molecule has 7 rings (SSSR count). The van der Waals surface area contributed by atoms with Gasteiger partial charge in [0.05, 0.1) is 22.9 Å². The molecular formula is C40H38N6O4. The minimum absolute atomic E-state index is 0.286. The first-order valence-corrected chi connectivity index (χ1v) is 16.7. The van der Waals surface area contributed by atoms with Crippen molar-refractivity contribution in [3.05, 3.63) is 108 Å². The van der Waals surface area contributed by atoms with Gasteiger partial charge < -0.3 is 23.7 Å². The van der Waals surface area contributed by atoms with Crippen molar-refractivity contribution in [3.63, 3.8) is 0 Å². The Hall–Kier alpha value is -6.08. The number of nitrogens with zero attached hydrogens (tertiary/aromatic N) is 5. The van der Waals surface area contributed by atoms with E-state index in [4.69, 9.17) is 18.9 Å². The monoisotopic (exact) mass is 666 g/mol. The molecular weight excluding hydrogens is 628 g/mol. The molecule has 1 fully saturated rings. The zero-order chi connectivity index (χ0) is 34.8. The van der Waals surface area contributed by atoms with Crippen LogP contribution in [0.4, 0.5) is 10.5 Å². The number of hydrogen-bond donors (Lipinski definition) is 1. The molecule has 0 radical (unpaired) electrons. The van der Waals surface area contributed by atoms with Crippen LogP contribution < -0.4 is 9.64 Å². The lowest BCUT2D eigenvalue weighted by atomic mass is 9.92. The molecule has 4 heterocycles. The van der Waals surface area contributed by atoms with Gasteiger partial charge in [-0.2, -0.15) is 10.4 Å². The van der Waals surface area contributed by atoms with Crippen molar-refractivity contribution in [1.29, 1.82) is 5.26 Å². The fourth-order valence-electron chi connectivity index (χ4n) is 6.27. The van der Waals surface area contributed by atoms with Gasteiger partial charge in [-0.05, 0) is 86.8 Å². The summed E-state index contributed by atoms with van der Waals surface area (Å²) in [5.41, 5.74) is 6.96. The van der Waals surface area contributed by atoms with Gasteiger partial charge in [0.2, 0.25) is 0 Å². The first-order chi connectivity index (χ1) is 24.2. The van der Waals surface area contributed by atoms with Crippen LogP contribution in [0.25, 0.3) is 44.9 Å². The number of aromatic amines is 1. The fraction of sp³-hybridized carbons (Fsp3) is 0.250. The van der Waals surface area contributed by atoms with Gasteiger partial charge in [0, 0.05) is 43.0 Å². The van der Waals surface area contributed by atoms with Gasteiger partial charge in [-0.15, -0.1) is 0 Å². The van der Waals surface area contributed by atoms with Crippen molar-refractivity contribution in [2.24, 2.45) is 0 Å². The minimum atomic E-state index is -0.532. The lowest BCUT2D eigenvalue weighted by Gasteiger charge is -2.36. The molecule has 10 nitrogen and oxygen atoms in total. The smallest absolute Gasteiger partial charge is 0.410 e. The van der Waals surface area contributed by atoms with Crippen LogP contribution in [0.2, 0.25) is 0 Å². The van der Waals surface area contributed by atoms with Gasteiger partial charge in [0.1, 0.15) is 29.7 Å². The number of carbonyl (C=O) groups is 1. The van der Waals surface area contributed by atoms with E-state index in [1.807, 2.05) is 100 Å². The molecule has 3 aromatic carbocycles. The van der Waals surface area contributed by atoms with Gasteiger partial charge in [0.25, 0.3) is 0 Å². The Morgan fingerprint density at radius 3 is 2.36 bits per heavy atom. The van der Waals surface area contributed by atoms with Crippen LogP contribution in [-0.4, -0.2) is 58.0 Å². The van der Waals surface area contributed by atoms with Crippen molar-refractivity contribution < 1.29 is 18.7 Å². The fourth-order valence-corrected chi connectivity index (χ4v) is 6.27. The summed E-state index contributed by atoms with van der Waals surface area (Å²) in [6.07, 6.45) is 1.32. The van der Waals surface area contributed by atoms with Crippen molar-refractivity contribution in [2.75, 3.05) is 31.1 Å².